The van der Waals surface area contributed by atoms with Crippen LogP contribution in [0.1, 0.15) is 27.2 Å². The molecule has 0 aliphatic carbocycles. The zero-order valence-corrected chi connectivity index (χ0v) is 18.3. The standard InChI is InChI=1S/C17H36N3O6P/c1-6-11-23-12-13-24-14-15-25-17(21)19-7-9-20(10-8-19)27(22,18(4)5)26-16(2)3/h16H,6-15H2,1-5H3. The quantitative estimate of drug-likeness (QED) is 0.359. The molecule has 1 heterocycles. The second kappa shape index (κ2) is 12.7. The van der Waals surface area contributed by atoms with Crippen LogP contribution in [-0.2, 0) is 23.3 Å². The highest BCUT2D eigenvalue weighted by atomic mass is 31.2. The van der Waals surface area contributed by atoms with Crippen molar-refractivity contribution in [2.24, 2.45) is 0 Å². The van der Waals surface area contributed by atoms with Gasteiger partial charge in [-0.05, 0) is 34.4 Å². The Labute approximate surface area is 163 Å². The molecular formula is C17H36N3O6P. The summed E-state index contributed by atoms with van der Waals surface area (Å²) in [5, 5.41) is 0. The van der Waals surface area contributed by atoms with E-state index >= 15 is 0 Å². The number of carbonyl (C=O) groups excluding carboxylic acids is 1. The summed E-state index contributed by atoms with van der Waals surface area (Å²) < 4.78 is 38.2. The van der Waals surface area contributed by atoms with Crippen LogP contribution in [0.3, 0.4) is 0 Å². The van der Waals surface area contributed by atoms with Crippen LogP contribution >= 0.6 is 7.67 Å². The van der Waals surface area contributed by atoms with E-state index in [1.54, 1.807) is 23.7 Å². The van der Waals surface area contributed by atoms with Crippen molar-refractivity contribution in [3.05, 3.63) is 0 Å². The lowest BCUT2D eigenvalue weighted by atomic mass is 10.4. The zero-order valence-electron chi connectivity index (χ0n) is 17.4. The Kier molecular flexibility index (Phi) is 11.4. The number of carbonyl (C=O) groups is 1. The predicted molar refractivity (Wildman–Crippen MR) is 104 cm³/mol. The summed E-state index contributed by atoms with van der Waals surface area (Å²) in [4.78, 5) is 13.8. The van der Waals surface area contributed by atoms with E-state index in [1.165, 1.54) is 0 Å². The molecule has 160 valence electrons. The molecule has 1 atom stereocenters. The van der Waals surface area contributed by atoms with E-state index in [4.69, 9.17) is 18.7 Å². The van der Waals surface area contributed by atoms with E-state index in [9.17, 15) is 9.36 Å². The van der Waals surface area contributed by atoms with E-state index in [-0.39, 0.29) is 18.8 Å². The number of ether oxygens (including phenoxy) is 3. The van der Waals surface area contributed by atoms with E-state index in [0.29, 0.717) is 46.0 Å². The van der Waals surface area contributed by atoms with Gasteiger partial charge in [-0.15, -0.1) is 0 Å². The van der Waals surface area contributed by atoms with Crippen LogP contribution in [0.25, 0.3) is 0 Å². The molecule has 1 unspecified atom stereocenters. The monoisotopic (exact) mass is 409 g/mol. The van der Waals surface area contributed by atoms with Gasteiger partial charge in [0.25, 0.3) is 0 Å². The lowest BCUT2D eigenvalue weighted by Gasteiger charge is -2.40. The summed E-state index contributed by atoms with van der Waals surface area (Å²) in [6, 6.07) is 0. The minimum Gasteiger partial charge on any atom is -0.447 e. The molecule has 0 aromatic carbocycles. The second-order valence-electron chi connectivity index (χ2n) is 6.77. The second-order valence-corrected chi connectivity index (χ2v) is 9.33. The third-order valence-electron chi connectivity index (χ3n) is 3.90. The lowest BCUT2D eigenvalue weighted by Crippen LogP contribution is -2.49. The average Bonchev–Trinajstić information content (AvgIpc) is 2.63. The van der Waals surface area contributed by atoms with Crippen molar-refractivity contribution in [2.45, 2.75) is 33.3 Å². The average molecular weight is 409 g/mol. The van der Waals surface area contributed by atoms with Crippen molar-refractivity contribution in [2.75, 3.05) is 73.3 Å². The van der Waals surface area contributed by atoms with Crippen molar-refractivity contribution in [3.63, 3.8) is 0 Å². The number of hydrogen-bond acceptors (Lipinski definition) is 6. The Morgan fingerprint density at radius 3 is 2.07 bits per heavy atom. The minimum atomic E-state index is -3.07. The summed E-state index contributed by atoms with van der Waals surface area (Å²) in [6.45, 7) is 9.95. The molecule has 0 aromatic heterocycles. The number of hydrogen-bond donors (Lipinski definition) is 0. The molecule has 1 saturated heterocycles. The van der Waals surface area contributed by atoms with Gasteiger partial charge in [0, 0.05) is 32.8 Å². The summed E-state index contributed by atoms with van der Waals surface area (Å²) in [5.41, 5.74) is 0. The Balaban J connectivity index is 2.29. The first-order chi connectivity index (χ1) is 12.8. The van der Waals surface area contributed by atoms with Gasteiger partial charge >= 0.3 is 13.8 Å². The molecule has 1 aliphatic heterocycles. The minimum absolute atomic E-state index is 0.145. The van der Waals surface area contributed by atoms with Crippen LogP contribution in [0.5, 0.6) is 0 Å². The highest BCUT2D eigenvalue weighted by Crippen LogP contribution is 2.53. The molecule has 1 rings (SSSR count). The number of amides is 1. The van der Waals surface area contributed by atoms with Gasteiger partial charge in [0.2, 0.25) is 0 Å². The van der Waals surface area contributed by atoms with E-state index in [0.717, 1.165) is 13.0 Å². The predicted octanol–water partition coefficient (Wildman–Crippen LogP) is 2.28. The summed E-state index contributed by atoms with van der Waals surface area (Å²) in [6.07, 6.45) is 0.469. The highest BCUT2D eigenvalue weighted by molar-refractivity contribution is 7.53. The number of nitrogens with zero attached hydrogens (tertiary/aromatic N) is 3. The molecular weight excluding hydrogens is 373 g/mol. The van der Waals surface area contributed by atoms with Crippen molar-refractivity contribution in [1.82, 2.24) is 14.2 Å². The molecule has 27 heavy (non-hydrogen) atoms. The molecule has 0 aromatic rings. The van der Waals surface area contributed by atoms with E-state index in [2.05, 4.69) is 6.92 Å². The third kappa shape index (κ3) is 8.46. The maximum atomic E-state index is 13.2. The highest BCUT2D eigenvalue weighted by Gasteiger charge is 2.38. The summed E-state index contributed by atoms with van der Waals surface area (Å²) in [7, 11) is 0.429. The van der Waals surface area contributed by atoms with Crippen molar-refractivity contribution < 1.29 is 28.1 Å². The molecule has 9 nitrogen and oxygen atoms in total. The molecule has 0 radical (unpaired) electrons. The van der Waals surface area contributed by atoms with Crippen LogP contribution in [0, 0.1) is 0 Å². The SMILES string of the molecule is CCCOCCOCCOC(=O)N1CCN(P(=O)(OC(C)C)N(C)C)CC1. The Hall–Kier alpha value is -0.700. The van der Waals surface area contributed by atoms with Gasteiger partial charge in [-0.25, -0.2) is 14.1 Å². The summed E-state index contributed by atoms with van der Waals surface area (Å²) in [5.74, 6) is 0. The molecule has 1 amide bonds. The Morgan fingerprint density at radius 2 is 1.56 bits per heavy atom. The maximum absolute atomic E-state index is 13.2. The fourth-order valence-electron chi connectivity index (χ4n) is 2.57. The van der Waals surface area contributed by atoms with Gasteiger partial charge in [-0.3, -0.25) is 4.57 Å². The fourth-order valence-corrected chi connectivity index (χ4v) is 4.63. The van der Waals surface area contributed by atoms with Gasteiger partial charge in [0.05, 0.1) is 25.9 Å². The Morgan fingerprint density at radius 1 is 1.00 bits per heavy atom. The van der Waals surface area contributed by atoms with Gasteiger partial charge in [-0.2, -0.15) is 0 Å². The van der Waals surface area contributed by atoms with Crippen LogP contribution in [0.15, 0.2) is 0 Å². The van der Waals surface area contributed by atoms with Crippen LogP contribution in [0.4, 0.5) is 4.79 Å². The fraction of sp³-hybridized carbons (Fsp3) is 0.941. The molecule has 10 heteroatoms. The van der Waals surface area contributed by atoms with Crippen LogP contribution in [-0.4, -0.2) is 99.7 Å². The van der Waals surface area contributed by atoms with E-state index in [1.807, 2.05) is 18.5 Å². The summed E-state index contributed by atoms with van der Waals surface area (Å²) >= 11 is 0. The van der Waals surface area contributed by atoms with Crippen LogP contribution in [0.2, 0.25) is 0 Å². The number of rotatable bonds is 12. The topological polar surface area (TPSA) is 80.8 Å². The molecule has 0 bridgehead atoms. The molecule has 0 saturated carbocycles. The largest absolute Gasteiger partial charge is 0.447 e. The van der Waals surface area contributed by atoms with E-state index < -0.39 is 7.67 Å². The molecule has 0 N–H and O–H groups in total. The first kappa shape index (κ1) is 24.3. The van der Waals surface area contributed by atoms with Crippen molar-refractivity contribution in [3.8, 4) is 0 Å². The molecule has 1 aliphatic rings. The smallest absolute Gasteiger partial charge is 0.409 e. The third-order valence-corrected chi connectivity index (χ3v) is 6.72. The zero-order chi connectivity index (χ0) is 20.3. The van der Waals surface area contributed by atoms with Gasteiger partial charge < -0.3 is 23.6 Å². The molecule has 1 fully saturated rings. The molecule has 0 spiro atoms. The first-order valence-electron chi connectivity index (χ1n) is 9.60. The lowest BCUT2D eigenvalue weighted by molar-refractivity contribution is 0.0198. The van der Waals surface area contributed by atoms with Crippen molar-refractivity contribution in [1.29, 1.82) is 0 Å². The van der Waals surface area contributed by atoms with Crippen molar-refractivity contribution >= 4 is 13.8 Å². The number of piperazine rings is 1. The van der Waals surface area contributed by atoms with Gasteiger partial charge in [0.15, 0.2) is 0 Å². The maximum Gasteiger partial charge on any atom is 0.409 e. The first-order valence-corrected chi connectivity index (χ1v) is 11.1. The van der Waals surface area contributed by atoms with Gasteiger partial charge in [-0.1, -0.05) is 6.92 Å². The van der Waals surface area contributed by atoms with Gasteiger partial charge in [0.1, 0.15) is 6.61 Å². The normalized spacial score (nSPS) is 18.1. The van der Waals surface area contributed by atoms with Crippen LogP contribution < -0.4 is 0 Å². The Bertz CT molecular complexity index is 470.